The van der Waals surface area contributed by atoms with Gasteiger partial charge in [-0.1, -0.05) is 0 Å². The number of nitrogens with zero attached hydrogens (tertiary/aromatic N) is 1. The van der Waals surface area contributed by atoms with Gasteiger partial charge in [0.25, 0.3) is 6.43 Å². The highest BCUT2D eigenvalue weighted by molar-refractivity contribution is 5.85. The predicted octanol–water partition coefficient (Wildman–Crippen LogP) is 4.78. The molecule has 26 heavy (non-hydrogen) atoms. The largest absolute Gasteiger partial charge is 0.416 e. The van der Waals surface area contributed by atoms with Crippen LogP contribution in [-0.2, 0) is 12.4 Å². The zero-order valence-electron chi connectivity index (χ0n) is 13.0. The molecule has 1 aliphatic rings. The summed E-state index contributed by atoms with van der Waals surface area (Å²) < 4.78 is 104. The summed E-state index contributed by atoms with van der Waals surface area (Å²) in [6.07, 6.45) is -13.2. The summed E-state index contributed by atoms with van der Waals surface area (Å²) in [7, 11) is 0. The fourth-order valence-corrected chi connectivity index (χ4v) is 2.63. The maximum Gasteiger partial charge on any atom is 0.416 e. The van der Waals surface area contributed by atoms with Crippen molar-refractivity contribution >= 4 is 24.8 Å². The van der Waals surface area contributed by atoms with Gasteiger partial charge in [-0.3, -0.25) is 4.90 Å². The van der Waals surface area contributed by atoms with Crippen LogP contribution in [-0.4, -0.2) is 37.5 Å². The van der Waals surface area contributed by atoms with Crippen LogP contribution in [0, 0.1) is 0 Å². The standard InChI is InChI=1S/C14H14F8N2.2ClH/c15-12(16)11(24-3-1-23-2-4-24)8-5-9(13(17,18)19)7-10(6-8)14(20,21)22;;/h5-7,11-12,23H,1-4H2;2*1H/t11-;;/m1../s1. The van der Waals surface area contributed by atoms with Gasteiger partial charge in [0.05, 0.1) is 17.2 Å². The van der Waals surface area contributed by atoms with Gasteiger partial charge < -0.3 is 5.32 Å². The van der Waals surface area contributed by atoms with Crippen LogP contribution in [0.2, 0.25) is 0 Å². The van der Waals surface area contributed by atoms with Crippen LogP contribution in [0.25, 0.3) is 0 Å². The van der Waals surface area contributed by atoms with E-state index in [2.05, 4.69) is 5.32 Å². The van der Waals surface area contributed by atoms with Crippen LogP contribution in [0.1, 0.15) is 22.7 Å². The zero-order valence-corrected chi connectivity index (χ0v) is 14.6. The Morgan fingerprint density at radius 2 is 1.23 bits per heavy atom. The van der Waals surface area contributed by atoms with E-state index in [4.69, 9.17) is 0 Å². The molecule has 0 radical (unpaired) electrons. The zero-order chi connectivity index (χ0) is 18.1. The molecule has 1 heterocycles. The number of piperazine rings is 1. The SMILES string of the molecule is Cl.Cl.FC(F)[C@@H](c1cc(C(F)(F)F)cc(C(F)(F)F)c1)N1CCNCC1. The second kappa shape index (κ2) is 9.38. The summed E-state index contributed by atoms with van der Waals surface area (Å²) in [5.74, 6) is 0. The summed E-state index contributed by atoms with van der Waals surface area (Å²) in [6, 6.07) is -1.15. The Kier molecular flexibility index (Phi) is 9.08. The molecule has 0 unspecified atom stereocenters. The first-order valence-electron chi connectivity index (χ1n) is 7.02. The Bertz CT molecular complexity index is 539. The summed E-state index contributed by atoms with van der Waals surface area (Å²) >= 11 is 0. The van der Waals surface area contributed by atoms with Crippen LogP contribution < -0.4 is 5.32 Å². The number of benzene rings is 1. The molecule has 1 fully saturated rings. The average molecular weight is 435 g/mol. The van der Waals surface area contributed by atoms with Crippen molar-refractivity contribution < 1.29 is 35.1 Å². The molecular formula is C14H16Cl2F8N2. The highest BCUT2D eigenvalue weighted by Crippen LogP contribution is 2.39. The minimum Gasteiger partial charge on any atom is -0.314 e. The van der Waals surface area contributed by atoms with E-state index < -0.39 is 41.5 Å². The Morgan fingerprint density at radius 1 is 0.808 bits per heavy atom. The summed E-state index contributed by atoms with van der Waals surface area (Å²) in [4.78, 5) is 1.19. The van der Waals surface area contributed by atoms with Crippen molar-refractivity contribution in [3.8, 4) is 0 Å². The minimum absolute atomic E-state index is 0. The molecule has 2 rings (SSSR count). The number of rotatable bonds is 3. The normalized spacial score (nSPS) is 17.4. The smallest absolute Gasteiger partial charge is 0.314 e. The van der Waals surface area contributed by atoms with Gasteiger partial charge in [0.2, 0.25) is 0 Å². The fourth-order valence-electron chi connectivity index (χ4n) is 2.63. The molecule has 2 nitrogen and oxygen atoms in total. The molecule has 152 valence electrons. The van der Waals surface area contributed by atoms with Crippen LogP contribution in [0.4, 0.5) is 35.1 Å². The lowest BCUT2D eigenvalue weighted by molar-refractivity contribution is -0.143. The fraction of sp³-hybridized carbons (Fsp3) is 0.571. The molecule has 1 aromatic rings. The monoisotopic (exact) mass is 434 g/mol. The number of nitrogens with one attached hydrogen (secondary N) is 1. The first-order chi connectivity index (χ1) is 11.0. The molecule has 0 aromatic heterocycles. The number of halogens is 10. The summed E-state index contributed by atoms with van der Waals surface area (Å²) in [5, 5.41) is 2.88. The Morgan fingerprint density at radius 3 is 1.58 bits per heavy atom. The Balaban J connectivity index is 0.00000312. The highest BCUT2D eigenvalue weighted by atomic mass is 35.5. The molecule has 1 aromatic carbocycles. The van der Waals surface area contributed by atoms with Gasteiger partial charge in [-0.15, -0.1) is 24.8 Å². The molecule has 1 N–H and O–H groups in total. The average Bonchev–Trinajstić information content (AvgIpc) is 2.46. The van der Waals surface area contributed by atoms with Crippen LogP contribution in [0.15, 0.2) is 18.2 Å². The quantitative estimate of drug-likeness (QED) is 0.688. The summed E-state index contributed by atoms with van der Waals surface area (Å²) in [6.45, 7) is 0.863. The minimum atomic E-state index is -5.06. The van der Waals surface area contributed by atoms with Crippen LogP contribution >= 0.6 is 24.8 Å². The maximum absolute atomic E-state index is 13.4. The predicted molar refractivity (Wildman–Crippen MR) is 84.1 cm³/mol. The first kappa shape index (κ1) is 25.2. The third-order valence-corrected chi connectivity index (χ3v) is 3.74. The van der Waals surface area contributed by atoms with Gasteiger partial charge in [-0.2, -0.15) is 26.3 Å². The van der Waals surface area contributed by atoms with Crippen LogP contribution in [0.3, 0.4) is 0 Å². The van der Waals surface area contributed by atoms with Gasteiger partial charge in [0.1, 0.15) is 0 Å². The number of hydrogen-bond donors (Lipinski definition) is 1. The van der Waals surface area contributed by atoms with Gasteiger partial charge in [-0.25, -0.2) is 8.78 Å². The molecule has 0 bridgehead atoms. The topological polar surface area (TPSA) is 15.3 Å². The number of hydrogen-bond acceptors (Lipinski definition) is 2. The second-order valence-electron chi connectivity index (χ2n) is 5.40. The van der Waals surface area contributed by atoms with Gasteiger partial charge >= 0.3 is 12.4 Å². The van der Waals surface area contributed by atoms with Crippen molar-refractivity contribution in [3.05, 3.63) is 34.9 Å². The van der Waals surface area contributed by atoms with Crippen molar-refractivity contribution in [2.45, 2.75) is 24.8 Å². The van der Waals surface area contributed by atoms with E-state index in [9.17, 15) is 35.1 Å². The van der Waals surface area contributed by atoms with E-state index in [1.807, 2.05) is 0 Å². The lowest BCUT2D eigenvalue weighted by Crippen LogP contribution is -2.47. The lowest BCUT2D eigenvalue weighted by atomic mass is 9.98. The molecule has 0 aliphatic carbocycles. The van der Waals surface area contributed by atoms with Crippen molar-refractivity contribution in [1.29, 1.82) is 0 Å². The first-order valence-corrected chi connectivity index (χ1v) is 7.02. The maximum atomic E-state index is 13.4. The van der Waals surface area contributed by atoms with Crippen molar-refractivity contribution in [2.24, 2.45) is 0 Å². The van der Waals surface area contributed by atoms with E-state index in [0.717, 1.165) is 0 Å². The third-order valence-electron chi connectivity index (χ3n) is 3.74. The van der Waals surface area contributed by atoms with E-state index in [1.165, 1.54) is 4.90 Å². The number of alkyl halides is 8. The van der Waals surface area contributed by atoms with Crippen molar-refractivity contribution in [2.75, 3.05) is 26.2 Å². The second-order valence-corrected chi connectivity index (χ2v) is 5.40. The Hall–Kier alpha value is -0.840. The molecular weight excluding hydrogens is 419 g/mol. The summed E-state index contributed by atoms with van der Waals surface area (Å²) in [5.41, 5.74) is -3.87. The molecule has 0 saturated carbocycles. The van der Waals surface area contributed by atoms with Crippen molar-refractivity contribution in [1.82, 2.24) is 10.2 Å². The van der Waals surface area contributed by atoms with E-state index >= 15 is 0 Å². The molecule has 1 atom stereocenters. The molecule has 1 aliphatic heterocycles. The van der Waals surface area contributed by atoms with E-state index in [0.29, 0.717) is 25.2 Å². The Labute approximate surface area is 156 Å². The molecule has 0 spiro atoms. The highest BCUT2D eigenvalue weighted by Gasteiger charge is 2.39. The molecule has 1 saturated heterocycles. The van der Waals surface area contributed by atoms with Gasteiger partial charge in [0, 0.05) is 26.2 Å². The van der Waals surface area contributed by atoms with E-state index in [-0.39, 0.29) is 44.0 Å². The van der Waals surface area contributed by atoms with E-state index in [1.54, 1.807) is 0 Å². The molecule has 12 heteroatoms. The lowest BCUT2D eigenvalue weighted by Gasteiger charge is -2.35. The van der Waals surface area contributed by atoms with Gasteiger partial charge in [0.15, 0.2) is 0 Å². The molecule has 0 amide bonds. The van der Waals surface area contributed by atoms with Crippen molar-refractivity contribution in [3.63, 3.8) is 0 Å². The van der Waals surface area contributed by atoms with Gasteiger partial charge in [-0.05, 0) is 23.8 Å². The van der Waals surface area contributed by atoms with Crippen LogP contribution in [0.5, 0.6) is 0 Å². The third kappa shape index (κ3) is 6.11.